The first-order valence-electron chi connectivity index (χ1n) is 6.88. The van der Waals surface area contributed by atoms with E-state index in [1.807, 2.05) is 32.0 Å². The van der Waals surface area contributed by atoms with Crippen LogP contribution in [0.15, 0.2) is 28.8 Å². The average molecular weight is 290 g/mol. The summed E-state index contributed by atoms with van der Waals surface area (Å²) in [6.45, 7) is 3.58. The Hall–Kier alpha value is -2.37. The summed E-state index contributed by atoms with van der Waals surface area (Å²) in [4.78, 5) is 23.2. The topological polar surface area (TPSA) is 81.4 Å². The van der Waals surface area contributed by atoms with Gasteiger partial charge < -0.3 is 14.6 Å². The summed E-state index contributed by atoms with van der Waals surface area (Å²) in [6.07, 6.45) is 0.804. The lowest BCUT2D eigenvalue weighted by atomic mass is 10.2. The molecule has 1 atom stereocenters. The minimum absolute atomic E-state index is 0.0202. The predicted molar refractivity (Wildman–Crippen MR) is 76.6 cm³/mol. The molecule has 0 unspecified atom stereocenters. The van der Waals surface area contributed by atoms with E-state index in [1.54, 1.807) is 6.07 Å². The van der Waals surface area contributed by atoms with Gasteiger partial charge in [0.05, 0.1) is 6.42 Å². The highest BCUT2D eigenvalue weighted by Crippen LogP contribution is 2.18. The van der Waals surface area contributed by atoms with Crippen LogP contribution in [0.25, 0.3) is 11.0 Å². The van der Waals surface area contributed by atoms with Crippen LogP contribution in [0.3, 0.4) is 0 Å². The number of hydrogen-bond donors (Lipinski definition) is 1. The fourth-order valence-electron chi connectivity index (χ4n) is 1.82. The Balaban J connectivity index is 1.86. The van der Waals surface area contributed by atoms with Gasteiger partial charge in [0.15, 0.2) is 12.2 Å². The van der Waals surface area contributed by atoms with Crippen molar-refractivity contribution in [1.29, 1.82) is 0 Å². The Morgan fingerprint density at radius 1 is 1.38 bits per heavy atom. The monoisotopic (exact) mass is 290 g/mol. The van der Waals surface area contributed by atoms with Gasteiger partial charge in [0, 0.05) is 11.4 Å². The molecule has 0 aliphatic carbocycles. The van der Waals surface area contributed by atoms with Crippen LogP contribution in [-0.4, -0.2) is 29.7 Å². The van der Waals surface area contributed by atoms with Crippen LogP contribution in [0, 0.1) is 0 Å². The summed E-state index contributed by atoms with van der Waals surface area (Å²) < 4.78 is 10.0. The molecule has 1 amide bonds. The molecule has 112 valence electrons. The number of carbonyl (C=O) groups is 2. The summed E-state index contributed by atoms with van der Waals surface area (Å²) in [5.74, 6) is -0.809. The van der Waals surface area contributed by atoms with Gasteiger partial charge in [-0.2, -0.15) is 0 Å². The van der Waals surface area contributed by atoms with E-state index in [9.17, 15) is 9.59 Å². The highest BCUT2D eigenvalue weighted by atomic mass is 16.5. The number of para-hydroxylation sites is 1. The molecule has 0 aliphatic heterocycles. The van der Waals surface area contributed by atoms with Crippen LogP contribution >= 0.6 is 0 Å². The number of hydrogen-bond acceptors (Lipinski definition) is 5. The normalized spacial score (nSPS) is 12.1. The standard InChI is InChI=1S/C15H18N2O4/c1-3-10(2)16-14(18)9-20-15(19)8-12-11-6-4-5-7-13(11)21-17-12/h4-7,10H,3,8-9H2,1-2H3,(H,16,18)/t10-/m1/s1. The van der Waals surface area contributed by atoms with Crippen molar-refractivity contribution >= 4 is 22.8 Å². The molecular formula is C15H18N2O4. The van der Waals surface area contributed by atoms with Crippen molar-refractivity contribution < 1.29 is 18.8 Å². The Bertz CT molecular complexity index is 635. The Morgan fingerprint density at radius 2 is 2.14 bits per heavy atom. The first kappa shape index (κ1) is 15.0. The number of fused-ring (bicyclic) bond motifs is 1. The molecule has 0 saturated carbocycles. The van der Waals surface area contributed by atoms with Gasteiger partial charge in [-0.25, -0.2) is 0 Å². The van der Waals surface area contributed by atoms with E-state index in [2.05, 4.69) is 10.5 Å². The van der Waals surface area contributed by atoms with Crippen LogP contribution in [0.5, 0.6) is 0 Å². The molecule has 6 nitrogen and oxygen atoms in total. The third kappa shape index (κ3) is 4.05. The number of nitrogens with one attached hydrogen (secondary N) is 1. The molecule has 0 fully saturated rings. The maximum absolute atomic E-state index is 11.7. The number of ether oxygens (including phenoxy) is 1. The van der Waals surface area contributed by atoms with Crippen LogP contribution in [0.1, 0.15) is 26.0 Å². The molecule has 6 heteroatoms. The molecule has 0 aliphatic rings. The number of aromatic nitrogens is 1. The van der Waals surface area contributed by atoms with Crippen LogP contribution < -0.4 is 5.32 Å². The number of amides is 1. The van der Waals surface area contributed by atoms with E-state index >= 15 is 0 Å². The molecule has 2 rings (SSSR count). The summed E-state index contributed by atoms with van der Waals surface area (Å²) >= 11 is 0. The number of nitrogens with zero attached hydrogens (tertiary/aromatic N) is 1. The lowest BCUT2D eigenvalue weighted by molar-refractivity contribution is -0.148. The van der Waals surface area contributed by atoms with Gasteiger partial charge in [-0.05, 0) is 25.5 Å². The van der Waals surface area contributed by atoms with Crippen LogP contribution in [0.4, 0.5) is 0 Å². The number of carbonyl (C=O) groups excluding carboxylic acids is 2. The lowest BCUT2D eigenvalue weighted by Gasteiger charge is -2.11. The fourth-order valence-corrected chi connectivity index (χ4v) is 1.82. The van der Waals surface area contributed by atoms with Crippen LogP contribution in [0.2, 0.25) is 0 Å². The quantitative estimate of drug-likeness (QED) is 0.821. The van der Waals surface area contributed by atoms with Gasteiger partial charge >= 0.3 is 5.97 Å². The van der Waals surface area contributed by atoms with Gasteiger partial charge in [0.25, 0.3) is 5.91 Å². The Labute approximate surface area is 122 Å². The van der Waals surface area contributed by atoms with Crippen molar-refractivity contribution in [2.45, 2.75) is 32.7 Å². The molecule has 0 spiro atoms. The molecule has 2 aromatic rings. The molecular weight excluding hydrogens is 272 g/mol. The van der Waals surface area contributed by atoms with E-state index < -0.39 is 5.97 Å². The fraction of sp³-hybridized carbons (Fsp3) is 0.400. The maximum atomic E-state index is 11.7. The second-order valence-electron chi connectivity index (χ2n) is 4.84. The third-order valence-electron chi connectivity index (χ3n) is 3.15. The molecule has 0 radical (unpaired) electrons. The van der Waals surface area contributed by atoms with Gasteiger partial charge in [-0.1, -0.05) is 24.2 Å². The van der Waals surface area contributed by atoms with Crippen molar-refractivity contribution in [3.05, 3.63) is 30.0 Å². The van der Waals surface area contributed by atoms with Gasteiger partial charge in [-0.15, -0.1) is 0 Å². The summed E-state index contributed by atoms with van der Waals surface area (Å²) in [5.41, 5.74) is 1.13. The molecule has 1 aromatic carbocycles. The number of esters is 1. The highest BCUT2D eigenvalue weighted by Gasteiger charge is 2.14. The van der Waals surface area contributed by atoms with Crippen molar-refractivity contribution in [3.8, 4) is 0 Å². The maximum Gasteiger partial charge on any atom is 0.312 e. The second-order valence-corrected chi connectivity index (χ2v) is 4.84. The molecule has 1 heterocycles. The zero-order valence-electron chi connectivity index (χ0n) is 12.1. The zero-order valence-corrected chi connectivity index (χ0v) is 12.1. The zero-order chi connectivity index (χ0) is 15.2. The predicted octanol–water partition coefficient (Wildman–Crippen LogP) is 1.83. The van der Waals surface area contributed by atoms with Crippen molar-refractivity contribution in [2.75, 3.05) is 6.61 Å². The minimum Gasteiger partial charge on any atom is -0.455 e. The van der Waals surface area contributed by atoms with E-state index in [0.717, 1.165) is 11.8 Å². The SMILES string of the molecule is CC[C@@H](C)NC(=O)COC(=O)Cc1noc2ccccc12. The van der Waals surface area contributed by atoms with Crippen molar-refractivity contribution in [1.82, 2.24) is 10.5 Å². The van der Waals surface area contributed by atoms with Gasteiger partial charge in [0.2, 0.25) is 0 Å². The second kappa shape index (κ2) is 6.88. The van der Waals surface area contributed by atoms with Crippen molar-refractivity contribution in [2.24, 2.45) is 0 Å². The lowest BCUT2D eigenvalue weighted by Crippen LogP contribution is -2.35. The summed E-state index contributed by atoms with van der Waals surface area (Å²) in [5, 5.41) is 7.35. The summed E-state index contributed by atoms with van der Waals surface area (Å²) in [7, 11) is 0. The van der Waals surface area contributed by atoms with E-state index in [-0.39, 0.29) is 25.0 Å². The highest BCUT2D eigenvalue weighted by molar-refractivity contribution is 5.85. The minimum atomic E-state index is -0.506. The number of rotatable bonds is 6. The summed E-state index contributed by atoms with van der Waals surface area (Å²) in [6, 6.07) is 7.33. The van der Waals surface area contributed by atoms with Crippen molar-refractivity contribution in [3.63, 3.8) is 0 Å². The van der Waals surface area contributed by atoms with E-state index in [1.165, 1.54) is 0 Å². The number of benzene rings is 1. The van der Waals surface area contributed by atoms with E-state index in [4.69, 9.17) is 9.26 Å². The molecule has 21 heavy (non-hydrogen) atoms. The molecule has 0 saturated heterocycles. The smallest absolute Gasteiger partial charge is 0.312 e. The van der Waals surface area contributed by atoms with Gasteiger partial charge in [0.1, 0.15) is 5.69 Å². The average Bonchev–Trinajstić information content (AvgIpc) is 2.88. The Morgan fingerprint density at radius 3 is 2.90 bits per heavy atom. The van der Waals surface area contributed by atoms with Crippen LogP contribution in [-0.2, 0) is 20.7 Å². The first-order valence-corrected chi connectivity index (χ1v) is 6.88. The van der Waals surface area contributed by atoms with E-state index in [0.29, 0.717) is 11.3 Å². The Kier molecular flexibility index (Phi) is 4.92. The van der Waals surface area contributed by atoms with Gasteiger partial charge in [-0.3, -0.25) is 9.59 Å². The molecule has 0 bridgehead atoms. The molecule has 1 N–H and O–H groups in total. The third-order valence-corrected chi connectivity index (χ3v) is 3.15. The first-order chi connectivity index (χ1) is 10.1. The largest absolute Gasteiger partial charge is 0.455 e. The molecule has 1 aromatic heterocycles.